The SMILES string of the molecule is COc1ccc(CC(C)N)cc1COc1c(F)c(F)cc(F)c1F. The van der Waals surface area contributed by atoms with Crippen LogP contribution in [0.15, 0.2) is 24.3 Å². The molecule has 0 amide bonds. The van der Waals surface area contributed by atoms with E-state index in [9.17, 15) is 17.6 Å². The quantitative estimate of drug-likeness (QED) is 0.642. The number of nitrogens with two attached hydrogens (primary N) is 1. The predicted octanol–water partition coefficient (Wildman–Crippen LogP) is 3.72. The normalized spacial score (nSPS) is 12.1. The number of methoxy groups -OCH3 is 1. The molecule has 130 valence electrons. The minimum atomic E-state index is -1.58. The maximum Gasteiger partial charge on any atom is 0.203 e. The van der Waals surface area contributed by atoms with E-state index in [4.69, 9.17) is 15.2 Å². The molecular weight excluding hydrogens is 326 g/mol. The van der Waals surface area contributed by atoms with Gasteiger partial charge in [0.25, 0.3) is 0 Å². The Labute approximate surface area is 137 Å². The van der Waals surface area contributed by atoms with Gasteiger partial charge in [-0.1, -0.05) is 6.07 Å². The van der Waals surface area contributed by atoms with Crippen LogP contribution in [-0.4, -0.2) is 13.2 Å². The summed E-state index contributed by atoms with van der Waals surface area (Å²) in [6, 6.07) is 5.21. The van der Waals surface area contributed by atoms with Gasteiger partial charge in [-0.25, -0.2) is 8.78 Å². The largest absolute Gasteiger partial charge is 0.496 e. The van der Waals surface area contributed by atoms with E-state index in [0.717, 1.165) is 5.56 Å². The molecule has 0 aliphatic carbocycles. The Morgan fingerprint density at radius 1 is 1.04 bits per heavy atom. The number of benzene rings is 2. The van der Waals surface area contributed by atoms with E-state index >= 15 is 0 Å². The van der Waals surface area contributed by atoms with Crippen LogP contribution in [0.4, 0.5) is 17.6 Å². The minimum absolute atomic E-state index is 0.0839. The van der Waals surface area contributed by atoms with Crippen molar-refractivity contribution in [3.05, 3.63) is 58.7 Å². The molecule has 0 aromatic heterocycles. The molecule has 1 atom stereocenters. The zero-order valence-corrected chi connectivity index (χ0v) is 13.2. The third-order valence-electron chi connectivity index (χ3n) is 3.35. The fraction of sp³-hybridized carbons (Fsp3) is 0.294. The lowest BCUT2D eigenvalue weighted by molar-refractivity contribution is 0.256. The fourth-order valence-corrected chi connectivity index (χ4v) is 2.27. The van der Waals surface area contributed by atoms with Crippen LogP contribution >= 0.6 is 0 Å². The number of rotatable bonds is 6. The number of ether oxygens (including phenoxy) is 2. The van der Waals surface area contributed by atoms with Gasteiger partial charge in [-0.05, 0) is 31.0 Å². The lowest BCUT2D eigenvalue weighted by Crippen LogP contribution is -2.18. The Morgan fingerprint density at radius 3 is 2.21 bits per heavy atom. The molecule has 0 aliphatic rings. The Kier molecular flexibility index (Phi) is 5.66. The van der Waals surface area contributed by atoms with Crippen LogP contribution < -0.4 is 15.2 Å². The van der Waals surface area contributed by atoms with Crippen LogP contribution in [0.1, 0.15) is 18.1 Å². The second-order valence-corrected chi connectivity index (χ2v) is 5.41. The van der Waals surface area contributed by atoms with Gasteiger partial charge in [0.1, 0.15) is 12.4 Å². The van der Waals surface area contributed by atoms with Gasteiger partial charge in [0.2, 0.25) is 11.6 Å². The van der Waals surface area contributed by atoms with Crippen LogP contribution in [0.5, 0.6) is 11.5 Å². The van der Waals surface area contributed by atoms with Gasteiger partial charge in [0.15, 0.2) is 17.4 Å². The molecule has 0 fully saturated rings. The van der Waals surface area contributed by atoms with E-state index in [1.54, 1.807) is 18.2 Å². The Hall–Kier alpha value is -2.28. The second-order valence-electron chi connectivity index (χ2n) is 5.41. The first-order valence-corrected chi connectivity index (χ1v) is 7.20. The zero-order chi connectivity index (χ0) is 17.9. The number of halogens is 4. The van der Waals surface area contributed by atoms with E-state index < -0.39 is 29.0 Å². The molecule has 0 radical (unpaired) electrons. The van der Waals surface area contributed by atoms with Crippen molar-refractivity contribution in [2.75, 3.05) is 7.11 Å². The summed E-state index contributed by atoms with van der Waals surface area (Å²) in [4.78, 5) is 0. The highest BCUT2D eigenvalue weighted by molar-refractivity contribution is 5.38. The molecule has 2 aromatic carbocycles. The van der Waals surface area contributed by atoms with Crippen molar-refractivity contribution in [2.24, 2.45) is 5.73 Å². The Balaban J connectivity index is 2.29. The van der Waals surface area contributed by atoms with Crippen molar-refractivity contribution in [3.63, 3.8) is 0 Å². The monoisotopic (exact) mass is 343 g/mol. The molecule has 1 unspecified atom stereocenters. The summed E-state index contributed by atoms with van der Waals surface area (Å²) in [5, 5.41) is 0. The third-order valence-corrected chi connectivity index (χ3v) is 3.35. The number of hydrogen-bond acceptors (Lipinski definition) is 3. The summed E-state index contributed by atoms with van der Waals surface area (Å²) in [7, 11) is 1.42. The maximum absolute atomic E-state index is 13.6. The molecule has 3 nitrogen and oxygen atoms in total. The maximum atomic E-state index is 13.6. The van der Waals surface area contributed by atoms with E-state index in [2.05, 4.69) is 0 Å². The fourth-order valence-electron chi connectivity index (χ4n) is 2.27. The van der Waals surface area contributed by atoms with Gasteiger partial charge in [0.05, 0.1) is 7.11 Å². The molecule has 24 heavy (non-hydrogen) atoms. The lowest BCUT2D eigenvalue weighted by Gasteiger charge is -2.14. The average Bonchev–Trinajstić information content (AvgIpc) is 2.52. The van der Waals surface area contributed by atoms with E-state index in [1.807, 2.05) is 6.92 Å². The lowest BCUT2D eigenvalue weighted by atomic mass is 10.0. The minimum Gasteiger partial charge on any atom is -0.496 e. The van der Waals surface area contributed by atoms with E-state index in [1.165, 1.54) is 7.11 Å². The molecular formula is C17H17F4NO2. The molecule has 0 saturated carbocycles. The van der Waals surface area contributed by atoms with Gasteiger partial charge in [-0.3, -0.25) is 0 Å². The molecule has 0 aliphatic heterocycles. The topological polar surface area (TPSA) is 44.5 Å². The van der Waals surface area contributed by atoms with Crippen molar-refractivity contribution >= 4 is 0 Å². The molecule has 7 heteroatoms. The van der Waals surface area contributed by atoms with Crippen LogP contribution in [0.3, 0.4) is 0 Å². The molecule has 0 bridgehead atoms. The van der Waals surface area contributed by atoms with Crippen LogP contribution in [-0.2, 0) is 13.0 Å². The average molecular weight is 343 g/mol. The first kappa shape index (κ1) is 18.1. The summed E-state index contributed by atoms with van der Waals surface area (Å²) in [5.74, 6) is -6.91. The van der Waals surface area contributed by atoms with Gasteiger partial charge in [-0.2, -0.15) is 8.78 Å². The Bertz CT molecular complexity index is 709. The summed E-state index contributed by atoms with van der Waals surface area (Å²) < 4.78 is 63.8. The first-order valence-electron chi connectivity index (χ1n) is 7.20. The van der Waals surface area contributed by atoms with E-state index in [0.29, 0.717) is 17.7 Å². The van der Waals surface area contributed by atoms with Crippen molar-refractivity contribution in [3.8, 4) is 11.5 Å². The highest BCUT2D eigenvalue weighted by Crippen LogP contribution is 2.29. The molecule has 0 saturated heterocycles. The van der Waals surface area contributed by atoms with Crippen LogP contribution in [0, 0.1) is 23.3 Å². The summed E-state index contributed by atoms with van der Waals surface area (Å²) >= 11 is 0. The third kappa shape index (κ3) is 3.97. The van der Waals surface area contributed by atoms with E-state index in [-0.39, 0.29) is 18.7 Å². The van der Waals surface area contributed by atoms with Crippen molar-refractivity contribution in [1.82, 2.24) is 0 Å². The standard InChI is InChI=1S/C17H17F4NO2/c1-9(22)5-10-3-4-14(23-2)11(6-10)8-24-17-15(20)12(18)7-13(19)16(17)21/h3-4,6-7,9H,5,8,22H2,1-2H3. The molecule has 2 N–H and O–H groups in total. The van der Waals surface area contributed by atoms with Gasteiger partial charge < -0.3 is 15.2 Å². The van der Waals surface area contributed by atoms with Crippen LogP contribution in [0.25, 0.3) is 0 Å². The molecule has 0 spiro atoms. The summed E-state index contributed by atoms with van der Waals surface area (Å²) in [6.45, 7) is 1.51. The van der Waals surface area contributed by atoms with Gasteiger partial charge in [-0.15, -0.1) is 0 Å². The highest BCUT2D eigenvalue weighted by Gasteiger charge is 2.21. The van der Waals surface area contributed by atoms with Gasteiger partial charge >= 0.3 is 0 Å². The van der Waals surface area contributed by atoms with Crippen LogP contribution in [0.2, 0.25) is 0 Å². The number of hydrogen-bond donors (Lipinski definition) is 1. The summed E-state index contributed by atoms with van der Waals surface area (Å²) in [6.07, 6.45) is 0.578. The molecule has 0 heterocycles. The molecule has 2 aromatic rings. The molecule has 2 rings (SSSR count). The Morgan fingerprint density at radius 2 is 1.67 bits per heavy atom. The second kappa shape index (κ2) is 7.53. The highest BCUT2D eigenvalue weighted by atomic mass is 19.2. The summed E-state index contributed by atoms with van der Waals surface area (Å²) in [5.41, 5.74) is 7.08. The zero-order valence-electron chi connectivity index (χ0n) is 13.2. The predicted molar refractivity (Wildman–Crippen MR) is 81.0 cm³/mol. The van der Waals surface area contributed by atoms with Crippen molar-refractivity contribution in [2.45, 2.75) is 26.0 Å². The van der Waals surface area contributed by atoms with Crippen molar-refractivity contribution < 1.29 is 27.0 Å². The van der Waals surface area contributed by atoms with Crippen molar-refractivity contribution in [1.29, 1.82) is 0 Å². The smallest absolute Gasteiger partial charge is 0.203 e. The first-order chi connectivity index (χ1) is 11.3. The van der Waals surface area contributed by atoms with Gasteiger partial charge in [0, 0.05) is 17.7 Å².